The molecule has 0 saturated carbocycles. The SMILES string of the molecule is CCC(CC)(CN)NC(=O)c1csc(-c2ccoc2)n1.Cl.Cl. The molecule has 0 bridgehead atoms. The third-order valence-corrected chi connectivity index (χ3v) is 4.52. The van der Waals surface area contributed by atoms with Crippen LogP contribution in [0.3, 0.4) is 0 Å². The van der Waals surface area contributed by atoms with Crippen molar-refractivity contribution in [2.24, 2.45) is 5.73 Å². The molecule has 0 aromatic carbocycles. The normalized spacial score (nSPS) is 10.5. The van der Waals surface area contributed by atoms with Gasteiger partial charge < -0.3 is 15.5 Å². The lowest BCUT2D eigenvalue weighted by Gasteiger charge is -2.31. The number of halogens is 2. The van der Waals surface area contributed by atoms with Crippen molar-refractivity contribution in [2.45, 2.75) is 32.2 Å². The molecular formula is C14H21Cl2N3O2S. The number of nitrogens with two attached hydrogens (primary N) is 1. The Morgan fingerprint density at radius 3 is 2.59 bits per heavy atom. The number of furan rings is 1. The first-order chi connectivity index (χ1) is 9.64. The maximum Gasteiger partial charge on any atom is 0.271 e. The number of carbonyl (C=O) groups is 1. The summed E-state index contributed by atoms with van der Waals surface area (Å²) in [5.41, 5.74) is 6.74. The lowest BCUT2D eigenvalue weighted by atomic mass is 9.93. The Morgan fingerprint density at radius 2 is 2.09 bits per heavy atom. The van der Waals surface area contributed by atoms with Gasteiger partial charge in [0.1, 0.15) is 17.0 Å². The molecule has 22 heavy (non-hydrogen) atoms. The van der Waals surface area contributed by atoms with E-state index in [1.807, 2.05) is 19.9 Å². The summed E-state index contributed by atoms with van der Waals surface area (Å²) < 4.78 is 5.02. The van der Waals surface area contributed by atoms with Crippen molar-refractivity contribution in [1.29, 1.82) is 0 Å². The number of hydrogen-bond acceptors (Lipinski definition) is 5. The monoisotopic (exact) mass is 365 g/mol. The van der Waals surface area contributed by atoms with Crippen molar-refractivity contribution in [3.05, 3.63) is 29.7 Å². The van der Waals surface area contributed by atoms with Gasteiger partial charge in [0, 0.05) is 17.5 Å². The van der Waals surface area contributed by atoms with Crippen molar-refractivity contribution in [3.63, 3.8) is 0 Å². The van der Waals surface area contributed by atoms with Gasteiger partial charge in [-0.25, -0.2) is 4.98 Å². The van der Waals surface area contributed by atoms with Gasteiger partial charge in [-0.1, -0.05) is 13.8 Å². The first-order valence-electron chi connectivity index (χ1n) is 6.65. The number of nitrogens with one attached hydrogen (secondary N) is 1. The van der Waals surface area contributed by atoms with E-state index >= 15 is 0 Å². The lowest BCUT2D eigenvalue weighted by Crippen LogP contribution is -2.52. The molecule has 0 aliphatic rings. The summed E-state index contributed by atoms with van der Waals surface area (Å²) in [4.78, 5) is 16.6. The van der Waals surface area contributed by atoms with Gasteiger partial charge in [0.2, 0.25) is 0 Å². The van der Waals surface area contributed by atoms with E-state index in [-0.39, 0.29) is 36.3 Å². The van der Waals surface area contributed by atoms with E-state index in [1.54, 1.807) is 17.9 Å². The van der Waals surface area contributed by atoms with E-state index in [0.717, 1.165) is 23.4 Å². The van der Waals surface area contributed by atoms with Crippen LogP contribution in [0.1, 0.15) is 37.2 Å². The first kappa shape index (κ1) is 20.9. The zero-order valence-corrected chi connectivity index (χ0v) is 14.9. The second kappa shape index (κ2) is 9.15. The van der Waals surface area contributed by atoms with Crippen molar-refractivity contribution in [1.82, 2.24) is 10.3 Å². The van der Waals surface area contributed by atoms with Crippen molar-refractivity contribution in [3.8, 4) is 10.6 Å². The zero-order chi connectivity index (χ0) is 14.6. The second-order valence-electron chi connectivity index (χ2n) is 4.70. The van der Waals surface area contributed by atoms with Gasteiger partial charge >= 0.3 is 0 Å². The van der Waals surface area contributed by atoms with Crippen LogP contribution in [-0.4, -0.2) is 23.0 Å². The molecule has 0 fully saturated rings. The largest absolute Gasteiger partial charge is 0.472 e. The Labute approximate surface area is 146 Å². The summed E-state index contributed by atoms with van der Waals surface area (Å²) in [5, 5.41) is 5.54. The van der Waals surface area contributed by atoms with E-state index in [1.165, 1.54) is 11.3 Å². The fourth-order valence-corrected chi connectivity index (χ4v) is 2.75. The summed E-state index contributed by atoms with van der Waals surface area (Å²) in [6, 6.07) is 1.82. The minimum absolute atomic E-state index is 0. The predicted molar refractivity (Wildman–Crippen MR) is 94.1 cm³/mol. The minimum Gasteiger partial charge on any atom is -0.472 e. The third kappa shape index (κ3) is 4.46. The number of hydrogen-bond donors (Lipinski definition) is 2. The molecule has 0 saturated heterocycles. The van der Waals surface area contributed by atoms with Crippen LogP contribution in [0.5, 0.6) is 0 Å². The van der Waals surface area contributed by atoms with Crippen LogP contribution in [0, 0.1) is 0 Å². The molecule has 2 aromatic heterocycles. The molecule has 0 aliphatic carbocycles. The highest BCUT2D eigenvalue weighted by molar-refractivity contribution is 7.13. The molecule has 0 aliphatic heterocycles. The van der Waals surface area contributed by atoms with Crippen molar-refractivity contribution < 1.29 is 9.21 Å². The van der Waals surface area contributed by atoms with Gasteiger partial charge in [-0.3, -0.25) is 4.79 Å². The van der Waals surface area contributed by atoms with Crippen molar-refractivity contribution >= 4 is 42.1 Å². The Bertz CT molecular complexity index is 560. The molecule has 2 aromatic rings. The molecule has 124 valence electrons. The highest BCUT2D eigenvalue weighted by Crippen LogP contribution is 2.24. The van der Waals surface area contributed by atoms with Crippen LogP contribution in [0.25, 0.3) is 10.6 Å². The Kier molecular flexibility index (Phi) is 8.70. The molecule has 0 spiro atoms. The maximum absolute atomic E-state index is 12.3. The molecule has 2 heterocycles. The van der Waals surface area contributed by atoms with Gasteiger partial charge in [-0.15, -0.1) is 36.2 Å². The van der Waals surface area contributed by atoms with E-state index in [2.05, 4.69) is 10.3 Å². The zero-order valence-electron chi connectivity index (χ0n) is 12.5. The summed E-state index contributed by atoms with van der Waals surface area (Å²) in [7, 11) is 0. The van der Waals surface area contributed by atoms with Gasteiger partial charge in [-0.2, -0.15) is 0 Å². The molecule has 8 heteroatoms. The molecule has 0 radical (unpaired) electrons. The minimum atomic E-state index is -0.351. The number of nitrogens with zero attached hydrogens (tertiary/aromatic N) is 1. The fourth-order valence-electron chi connectivity index (χ4n) is 1.97. The van der Waals surface area contributed by atoms with E-state index < -0.39 is 0 Å². The molecule has 2 rings (SSSR count). The first-order valence-corrected chi connectivity index (χ1v) is 7.52. The van der Waals surface area contributed by atoms with Crippen LogP contribution < -0.4 is 11.1 Å². The number of amides is 1. The Balaban J connectivity index is 0.00000220. The number of thiazole rings is 1. The van der Waals surface area contributed by atoms with E-state index in [0.29, 0.717) is 12.2 Å². The van der Waals surface area contributed by atoms with Crippen LogP contribution in [0.4, 0.5) is 0 Å². The molecular weight excluding hydrogens is 345 g/mol. The Morgan fingerprint density at radius 1 is 1.41 bits per heavy atom. The van der Waals surface area contributed by atoms with Crippen LogP contribution in [-0.2, 0) is 0 Å². The van der Waals surface area contributed by atoms with Gasteiger partial charge in [0.05, 0.1) is 11.8 Å². The highest BCUT2D eigenvalue weighted by Gasteiger charge is 2.27. The average Bonchev–Trinajstić information content (AvgIpc) is 3.14. The van der Waals surface area contributed by atoms with Gasteiger partial charge in [0.15, 0.2) is 0 Å². The maximum atomic E-state index is 12.3. The third-order valence-electron chi connectivity index (χ3n) is 3.63. The number of aromatic nitrogens is 1. The smallest absolute Gasteiger partial charge is 0.271 e. The predicted octanol–water partition coefficient (Wildman–Crippen LogP) is 3.49. The van der Waals surface area contributed by atoms with Crippen LogP contribution in [0.15, 0.2) is 28.4 Å². The van der Waals surface area contributed by atoms with Gasteiger partial charge in [-0.05, 0) is 18.9 Å². The molecule has 0 unspecified atom stereocenters. The molecule has 3 N–H and O–H groups in total. The number of carbonyl (C=O) groups excluding carboxylic acids is 1. The standard InChI is InChI=1S/C14H19N3O2S.2ClH/c1-3-14(4-2,9-15)17-12(18)11-8-20-13(16-11)10-5-6-19-7-10;;/h5-8H,3-4,9,15H2,1-2H3,(H,17,18);2*1H. The van der Waals surface area contributed by atoms with E-state index in [9.17, 15) is 4.79 Å². The van der Waals surface area contributed by atoms with Crippen LogP contribution in [0.2, 0.25) is 0 Å². The lowest BCUT2D eigenvalue weighted by molar-refractivity contribution is 0.0891. The van der Waals surface area contributed by atoms with Gasteiger partial charge in [0.25, 0.3) is 5.91 Å². The topological polar surface area (TPSA) is 81.1 Å². The molecule has 1 amide bonds. The second-order valence-corrected chi connectivity index (χ2v) is 5.55. The average molecular weight is 366 g/mol. The summed E-state index contributed by atoms with van der Waals surface area (Å²) in [6.07, 6.45) is 4.79. The van der Waals surface area contributed by atoms with E-state index in [4.69, 9.17) is 10.2 Å². The summed E-state index contributed by atoms with van der Waals surface area (Å²) >= 11 is 1.42. The summed E-state index contributed by atoms with van der Waals surface area (Å²) in [5.74, 6) is -0.176. The van der Waals surface area contributed by atoms with Crippen LogP contribution >= 0.6 is 36.2 Å². The molecule has 0 atom stereocenters. The number of rotatable bonds is 6. The quantitative estimate of drug-likeness (QED) is 0.820. The molecule has 5 nitrogen and oxygen atoms in total. The summed E-state index contributed by atoms with van der Waals surface area (Å²) in [6.45, 7) is 4.47. The Hall–Kier alpha value is -1.08. The highest BCUT2D eigenvalue weighted by atomic mass is 35.5. The fraction of sp³-hybridized carbons (Fsp3) is 0.429. The van der Waals surface area contributed by atoms with Crippen molar-refractivity contribution in [2.75, 3.05) is 6.54 Å².